The molecule has 2 fully saturated rings. The second-order valence-corrected chi connectivity index (χ2v) is 10.9. The van der Waals surface area contributed by atoms with Crippen molar-refractivity contribution < 1.29 is 9.59 Å². The minimum Gasteiger partial charge on any atom is -0.375 e. The number of hydrogen-bond acceptors (Lipinski definition) is 5. The number of fused-ring (bicyclic) bond motifs is 3. The second-order valence-electron chi connectivity index (χ2n) is 9.97. The second kappa shape index (κ2) is 9.93. The van der Waals surface area contributed by atoms with Gasteiger partial charge in [0, 0.05) is 47.5 Å². The summed E-state index contributed by atoms with van der Waals surface area (Å²) in [7, 11) is 0. The molecule has 2 amide bonds. The van der Waals surface area contributed by atoms with Gasteiger partial charge in [-0.2, -0.15) is 0 Å². The van der Waals surface area contributed by atoms with Crippen LogP contribution in [0.25, 0.3) is 6.08 Å². The normalized spacial score (nSPS) is 27.3. The molecule has 3 aromatic rings. The van der Waals surface area contributed by atoms with Gasteiger partial charge >= 0.3 is 0 Å². The molecule has 7 nitrogen and oxygen atoms in total. The number of rotatable bonds is 5. The van der Waals surface area contributed by atoms with Gasteiger partial charge in [-0.25, -0.2) is 4.98 Å². The van der Waals surface area contributed by atoms with Crippen LogP contribution in [-0.2, 0) is 9.59 Å². The number of aromatic amines is 1. The lowest BCUT2D eigenvalue weighted by molar-refractivity contribution is -0.139. The van der Waals surface area contributed by atoms with Crippen LogP contribution in [0.2, 0.25) is 0 Å². The Kier molecular flexibility index (Phi) is 6.35. The molecule has 186 valence electrons. The van der Waals surface area contributed by atoms with E-state index in [0.717, 1.165) is 55.0 Å². The van der Waals surface area contributed by atoms with E-state index in [0.29, 0.717) is 0 Å². The van der Waals surface area contributed by atoms with Crippen molar-refractivity contribution in [2.24, 2.45) is 11.8 Å². The van der Waals surface area contributed by atoms with Gasteiger partial charge in [0.15, 0.2) is 0 Å². The first-order valence-electron chi connectivity index (χ1n) is 12.9. The zero-order valence-corrected chi connectivity index (χ0v) is 20.9. The van der Waals surface area contributed by atoms with Crippen molar-refractivity contribution in [3.63, 3.8) is 0 Å². The number of likely N-dealkylation sites (tertiary alicyclic amines) is 1. The van der Waals surface area contributed by atoms with E-state index >= 15 is 0 Å². The lowest BCUT2D eigenvalue weighted by Gasteiger charge is -2.41. The summed E-state index contributed by atoms with van der Waals surface area (Å²) < 4.78 is 0. The van der Waals surface area contributed by atoms with Crippen LogP contribution in [0, 0.1) is 11.8 Å². The number of anilines is 1. The Hall–Kier alpha value is -3.39. The summed E-state index contributed by atoms with van der Waals surface area (Å²) in [6.07, 6.45) is 11.7. The number of nitrogens with one attached hydrogen (secondary N) is 3. The van der Waals surface area contributed by atoms with Crippen LogP contribution in [0.1, 0.15) is 60.5 Å². The molecule has 8 heteroatoms. The molecule has 1 saturated carbocycles. The van der Waals surface area contributed by atoms with E-state index in [1.807, 2.05) is 35.9 Å². The maximum Gasteiger partial charge on any atom is 0.244 e. The van der Waals surface area contributed by atoms with Crippen molar-refractivity contribution in [3.8, 4) is 0 Å². The summed E-state index contributed by atoms with van der Waals surface area (Å²) in [5, 5.41) is 8.83. The molecule has 1 aliphatic carbocycles. The number of aromatic nitrogens is 2. The zero-order valence-electron chi connectivity index (χ0n) is 20.1. The first-order chi connectivity index (χ1) is 17.7. The smallest absolute Gasteiger partial charge is 0.244 e. The molecular weight excluding hydrogens is 470 g/mol. The maximum absolute atomic E-state index is 14.1. The average Bonchev–Trinajstić information content (AvgIpc) is 3.69. The number of amides is 2. The molecular formula is C28H31N5O2S. The number of thiophene rings is 1. The average molecular weight is 502 g/mol. The predicted molar refractivity (Wildman–Crippen MR) is 141 cm³/mol. The molecule has 6 rings (SSSR count). The molecule has 0 spiro atoms. The maximum atomic E-state index is 14.1. The fraction of sp³-hybridized carbons (Fsp3) is 0.393. The van der Waals surface area contributed by atoms with Gasteiger partial charge in [0.05, 0.1) is 18.0 Å². The summed E-state index contributed by atoms with van der Waals surface area (Å²) in [6.45, 7) is 0.719. The molecule has 0 radical (unpaired) electrons. The van der Waals surface area contributed by atoms with E-state index in [1.54, 1.807) is 23.6 Å². The van der Waals surface area contributed by atoms with Crippen LogP contribution in [0.3, 0.4) is 0 Å². The first-order valence-corrected chi connectivity index (χ1v) is 13.7. The lowest BCUT2D eigenvalue weighted by Crippen LogP contribution is -2.49. The van der Waals surface area contributed by atoms with Crippen molar-refractivity contribution in [1.82, 2.24) is 20.2 Å². The molecule has 4 heterocycles. The van der Waals surface area contributed by atoms with Gasteiger partial charge < -0.3 is 20.5 Å². The van der Waals surface area contributed by atoms with Gasteiger partial charge in [-0.15, -0.1) is 11.3 Å². The fourth-order valence-corrected chi connectivity index (χ4v) is 6.90. The molecule has 1 saturated heterocycles. The van der Waals surface area contributed by atoms with Crippen LogP contribution in [0.4, 0.5) is 5.69 Å². The highest BCUT2D eigenvalue weighted by molar-refractivity contribution is 7.10. The van der Waals surface area contributed by atoms with Gasteiger partial charge in [-0.05, 0) is 48.4 Å². The fourth-order valence-electron chi connectivity index (χ4n) is 6.28. The van der Waals surface area contributed by atoms with Gasteiger partial charge in [-0.3, -0.25) is 9.59 Å². The van der Waals surface area contributed by atoms with Crippen molar-refractivity contribution in [1.29, 1.82) is 0 Å². The Bertz CT molecular complexity index is 1240. The molecule has 2 aliphatic heterocycles. The SMILES string of the molecule is O=C(C=Cc1cccs1)N[C@@H]1CCCC[C@@H]1C(=O)N1CC[C@@H]2[C@H](c3ncc[nH]3)Nc3ccccc3[C@@H]21. The van der Waals surface area contributed by atoms with E-state index in [-0.39, 0.29) is 41.8 Å². The van der Waals surface area contributed by atoms with E-state index in [4.69, 9.17) is 0 Å². The summed E-state index contributed by atoms with van der Waals surface area (Å²) in [6, 6.07) is 12.2. The Morgan fingerprint density at radius 2 is 2.00 bits per heavy atom. The Morgan fingerprint density at radius 1 is 1.11 bits per heavy atom. The number of H-pyrrole nitrogens is 1. The van der Waals surface area contributed by atoms with Gasteiger partial charge in [0.1, 0.15) is 5.82 Å². The zero-order chi connectivity index (χ0) is 24.5. The van der Waals surface area contributed by atoms with Gasteiger partial charge in [-0.1, -0.05) is 37.1 Å². The minimum atomic E-state index is -0.194. The number of benzene rings is 1. The van der Waals surface area contributed by atoms with Crippen LogP contribution in [0.5, 0.6) is 0 Å². The van der Waals surface area contributed by atoms with Gasteiger partial charge in [0.2, 0.25) is 11.8 Å². The van der Waals surface area contributed by atoms with E-state index < -0.39 is 0 Å². The quantitative estimate of drug-likeness (QED) is 0.433. The van der Waals surface area contributed by atoms with E-state index in [2.05, 4.69) is 43.7 Å². The van der Waals surface area contributed by atoms with Crippen LogP contribution < -0.4 is 10.6 Å². The summed E-state index contributed by atoms with van der Waals surface area (Å²) in [4.78, 5) is 37.8. The topological polar surface area (TPSA) is 90.1 Å². The third-order valence-corrected chi connectivity index (χ3v) is 8.75. The van der Waals surface area contributed by atoms with Crippen molar-refractivity contribution in [2.75, 3.05) is 11.9 Å². The molecule has 2 aromatic heterocycles. The third kappa shape index (κ3) is 4.34. The molecule has 0 unspecified atom stereocenters. The monoisotopic (exact) mass is 501 g/mol. The largest absolute Gasteiger partial charge is 0.375 e. The predicted octanol–water partition coefficient (Wildman–Crippen LogP) is 4.92. The van der Waals surface area contributed by atoms with Crippen LogP contribution >= 0.6 is 11.3 Å². The summed E-state index contributed by atoms with van der Waals surface area (Å²) in [5.74, 6) is 0.998. The number of hydrogen-bond donors (Lipinski definition) is 3. The van der Waals surface area contributed by atoms with Gasteiger partial charge in [0.25, 0.3) is 0 Å². The van der Waals surface area contributed by atoms with E-state index in [1.165, 1.54) is 5.56 Å². The molecule has 0 bridgehead atoms. The number of nitrogens with zero attached hydrogens (tertiary/aromatic N) is 2. The number of carbonyl (C=O) groups is 2. The lowest BCUT2D eigenvalue weighted by atomic mass is 9.80. The van der Waals surface area contributed by atoms with E-state index in [9.17, 15) is 9.59 Å². The van der Waals surface area contributed by atoms with Crippen molar-refractivity contribution >= 4 is 34.9 Å². The first kappa shape index (κ1) is 23.0. The number of imidazole rings is 1. The highest BCUT2D eigenvalue weighted by Crippen LogP contribution is 2.51. The van der Waals surface area contributed by atoms with Crippen LogP contribution in [-0.4, -0.2) is 39.3 Å². The summed E-state index contributed by atoms with van der Waals surface area (Å²) in [5.41, 5.74) is 2.23. The molecule has 1 aromatic carbocycles. The standard InChI is InChI=1S/C28H31N5O2S/c34-24(12-11-18-6-5-17-36-18)31-23-10-4-2-8-20(23)28(35)33-16-13-21-25(27-29-14-15-30-27)32-22-9-3-1-7-19(22)26(21)33/h1,3,5-7,9,11-12,14-15,17,20-21,23,25-26,32H,2,4,8,10,13,16H2,(H,29,30)(H,31,34)/t20-,21+,23+,25+,26-/m0/s1. The highest BCUT2D eigenvalue weighted by atomic mass is 32.1. The van der Waals surface area contributed by atoms with Crippen LogP contribution in [0.15, 0.2) is 60.2 Å². The molecule has 3 aliphatic rings. The number of para-hydroxylation sites is 1. The van der Waals surface area contributed by atoms with Crippen molar-refractivity contribution in [3.05, 3.63) is 76.5 Å². The highest BCUT2D eigenvalue weighted by Gasteiger charge is 2.49. The summed E-state index contributed by atoms with van der Waals surface area (Å²) >= 11 is 1.60. The Labute approximate surface area is 215 Å². The van der Waals surface area contributed by atoms with Crippen molar-refractivity contribution in [2.45, 2.75) is 50.2 Å². The molecule has 5 atom stereocenters. The Morgan fingerprint density at radius 3 is 2.83 bits per heavy atom. The third-order valence-electron chi connectivity index (χ3n) is 7.91. The minimum absolute atomic E-state index is 0.00190. The molecule has 3 N–H and O–H groups in total. The Balaban J connectivity index is 1.23. The number of carbonyl (C=O) groups excluding carboxylic acids is 2. The molecule has 36 heavy (non-hydrogen) atoms.